The summed E-state index contributed by atoms with van der Waals surface area (Å²) in [5.74, 6) is 1.51. The molecule has 1 saturated heterocycles. The van der Waals surface area contributed by atoms with Gasteiger partial charge in [-0.25, -0.2) is 0 Å². The molecule has 0 saturated carbocycles. The Balaban J connectivity index is 1.45. The van der Waals surface area contributed by atoms with Gasteiger partial charge >= 0.3 is 0 Å². The summed E-state index contributed by atoms with van der Waals surface area (Å²) in [6.07, 6.45) is 2.90. The van der Waals surface area contributed by atoms with Crippen LogP contribution in [0.1, 0.15) is 31.6 Å². The van der Waals surface area contributed by atoms with Crippen LogP contribution in [0.25, 0.3) is 11.4 Å². The van der Waals surface area contributed by atoms with Crippen LogP contribution in [0.5, 0.6) is 5.75 Å². The van der Waals surface area contributed by atoms with Crippen molar-refractivity contribution in [3.8, 4) is 17.1 Å². The number of carbonyl (C=O) groups is 2. The van der Waals surface area contributed by atoms with E-state index in [9.17, 15) is 9.59 Å². The summed E-state index contributed by atoms with van der Waals surface area (Å²) in [7, 11) is 1.61. The molecule has 2 heterocycles. The second-order valence-corrected chi connectivity index (χ2v) is 6.65. The first-order chi connectivity index (χ1) is 13.1. The predicted octanol–water partition coefficient (Wildman–Crippen LogP) is 1.79. The summed E-state index contributed by atoms with van der Waals surface area (Å²) in [4.78, 5) is 29.7. The van der Waals surface area contributed by atoms with E-state index >= 15 is 0 Å². The largest absolute Gasteiger partial charge is 0.497 e. The SMILES string of the molecule is COc1ccc(-c2noc(CCCC(=O)N3CCC(C(N)=O)CC3)n2)cc1. The maximum absolute atomic E-state index is 12.3. The van der Waals surface area contributed by atoms with Crippen molar-refractivity contribution >= 4 is 11.8 Å². The van der Waals surface area contributed by atoms with Crippen molar-refractivity contribution < 1.29 is 18.8 Å². The second-order valence-electron chi connectivity index (χ2n) is 6.65. The standard InChI is InChI=1S/C19H24N4O4/c1-26-15-7-5-14(6-8-15)19-21-16(27-22-19)3-2-4-17(24)23-11-9-13(10-12-23)18(20)25/h5-8,13H,2-4,9-12H2,1H3,(H2,20,25). The molecule has 1 aromatic carbocycles. The van der Waals surface area contributed by atoms with Crippen molar-refractivity contribution in [1.29, 1.82) is 0 Å². The zero-order valence-corrected chi connectivity index (χ0v) is 15.4. The predicted molar refractivity (Wildman–Crippen MR) is 97.7 cm³/mol. The third kappa shape index (κ3) is 4.84. The minimum absolute atomic E-state index is 0.0906. The highest BCUT2D eigenvalue weighted by Gasteiger charge is 2.25. The molecule has 0 radical (unpaired) electrons. The third-order valence-corrected chi connectivity index (χ3v) is 4.85. The Morgan fingerprint density at radius 1 is 1.26 bits per heavy atom. The fourth-order valence-corrected chi connectivity index (χ4v) is 3.18. The fourth-order valence-electron chi connectivity index (χ4n) is 3.18. The van der Waals surface area contributed by atoms with Gasteiger partial charge in [0.15, 0.2) is 0 Å². The molecule has 27 heavy (non-hydrogen) atoms. The summed E-state index contributed by atoms with van der Waals surface area (Å²) in [6, 6.07) is 7.41. The fraction of sp³-hybridized carbons (Fsp3) is 0.474. The molecule has 8 heteroatoms. The van der Waals surface area contributed by atoms with Crippen LogP contribution in [-0.2, 0) is 16.0 Å². The molecule has 0 bridgehead atoms. The zero-order valence-electron chi connectivity index (χ0n) is 15.4. The molecule has 0 unspecified atom stereocenters. The van der Waals surface area contributed by atoms with Crippen LogP contribution in [0.4, 0.5) is 0 Å². The number of hydrogen-bond donors (Lipinski definition) is 1. The van der Waals surface area contributed by atoms with E-state index in [1.54, 1.807) is 12.0 Å². The summed E-state index contributed by atoms with van der Waals surface area (Å²) in [5, 5.41) is 3.99. The Morgan fingerprint density at radius 3 is 2.59 bits per heavy atom. The Morgan fingerprint density at radius 2 is 1.96 bits per heavy atom. The molecule has 144 valence electrons. The lowest BCUT2D eigenvalue weighted by Gasteiger charge is -2.30. The number of aromatic nitrogens is 2. The normalized spacial score (nSPS) is 14.9. The van der Waals surface area contributed by atoms with E-state index in [-0.39, 0.29) is 17.7 Å². The second kappa shape index (κ2) is 8.66. The summed E-state index contributed by atoms with van der Waals surface area (Å²) >= 11 is 0. The summed E-state index contributed by atoms with van der Waals surface area (Å²) < 4.78 is 10.4. The van der Waals surface area contributed by atoms with Crippen molar-refractivity contribution in [2.24, 2.45) is 11.7 Å². The number of benzene rings is 1. The van der Waals surface area contributed by atoms with Gasteiger partial charge in [0.25, 0.3) is 0 Å². The van der Waals surface area contributed by atoms with E-state index in [4.69, 9.17) is 15.0 Å². The molecule has 1 aromatic heterocycles. The van der Waals surface area contributed by atoms with E-state index in [1.165, 1.54) is 0 Å². The lowest BCUT2D eigenvalue weighted by Crippen LogP contribution is -2.41. The molecule has 1 aliphatic heterocycles. The highest BCUT2D eigenvalue weighted by atomic mass is 16.5. The molecular weight excluding hydrogens is 348 g/mol. The van der Waals surface area contributed by atoms with Gasteiger partial charge in [0.05, 0.1) is 7.11 Å². The molecule has 1 aliphatic rings. The molecule has 1 fully saturated rings. The van der Waals surface area contributed by atoms with Crippen LogP contribution in [0.3, 0.4) is 0 Å². The van der Waals surface area contributed by atoms with Crippen molar-refractivity contribution in [2.45, 2.75) is 32.1 Å². The molecule has 0 spiro atoms. The molecule has 0 atom stereocenters. The number of ether oxygens (including phenoxy) is 1. The van der Waals surface area contributed by atoms with Crippen LogP contribution in [-0.4, -0.2) is 47.1 Å². The zero-order chi connectivity index (χ0) is 19.2. The van der Waals surface area contributed by atoms with Crippen molar-refractivity contribution in [2.75, 3.05) is 20.2 Å². The number of primary amides is 1. The van der Waals surface area contributed by atoms with E-state index < -0.39 is 0 Å². The van der Waals surface area contributed by atoms with Gasteiger partial charge in [0, 0.05) is 37.4 Å². The smallest absolute Gasteiger partial charge is 0.226 e. The van der Waals surface area contributed by atoms with Crippen molar-refractivity contribution in [3.05, 3.63) is 30.2 Å². The van der Waals surface area contributed by atoms with Crippen LogP contribution < -0.4 is 10.5 Å². The molecular formula is C19H24N4O4. The third-order valence-electron chi connectivity index (χ3n) is 4.85. The molecule has 3 rings (SSSR count). The van der Waals surface area contributed by atoms with Gasteiger partial charge in [0.2, 0.25) is 23.5 Å². The first-order valence-electron chi connectivity index (χ1n) is 9.11. The van der Waals surface area contributed by atoms with Gasteiger partial charge in [-0.05, 0) is 43.5 Å². The maximum Gasteiger partial charge on any atom is 0.226 e. The minimum atomic E-state index is -0.272. The van der Waals surface area contributed by atoms with Gasteiger partial charge in [-0.1, -0.05) is 5.16 Å². The van der Waals surface area contributed by atoms with Crippen LogP contribution >= 0.6 is 0 Å². The Labute approximate surface area is 157 Å². The number of carbonyl (C=O) groups excluding carboxylic acids is 2. The molecule has 2 amide bonds. The number of piperidine rings is 1. The van der Waals surface area contributed by atoms with Crippen LogP contribution in [0.2, 0.25) is 0 Å². The first kappa shape index (κ1) is 18.9. The molecule has 2 N–H and O–H groups in total. The molecule has 8 nitrogen and oxygen atoms in total. The number of likely N-dealkylation sites (tertiary alicyclic amines) is 1. The average Bonchev–Trinajstić information content (AvgIpc) is 3.17. The quantitative estimate of drug-likeness (QED) is 0.793. The number of nitrogens with zero attached hydrogens (tertiary/aromatic N) is 3. The number of methoxy groups -OCH3 is 1. The molecule has 0 aliphatic carbocycles. The van der Waals surface area contributed by atoms with Crippen LogP contribution in [0, 0.1) is 5.92 Å². The number of aryl methyl sites for hydroxylation is 1. The van der Waals surface area contributed by atoms with Gasteiger partial charge in [-0.3, -0.25) is 9.59 Å². The van der Waals surface area contributed by atoms with Gasteiger partial charge in [-0.2, -0.15) is 4.98 Å². The maximum atomic E-state index is 12.3. The topological polar surface area (TPSA) is 112 Å². The van der Waals surface area contributed by atoms with Crippen molar-refractivity contribution in [3.63, 3.8) is 0 Å². The minimum Gasteiger partial charge on any atom is -0.497 e. The van der Waals surface area contributed by atoms with Gasteiger partial charge < -0.3 is 19.9 Å². The van der Waals surface area contributed by atoms with E-state index in [0.717, 1.165) is 11.3 Å². The number of nitrogens with two attached hydrogens (primary N) is 1. The lowest BCUT2D eigenvalue weighted by molar-refractivity contribution is -0.134. The van der Waals surface area contributed by atoms with E-state index in [1.807, 2.05) is 24.3 Å². The molecule has 2 aromatic rings. The van der Waals surface area contributed by atoms with Crippen LogP contribution in [0.15, 0.2) is 28.8 Å². The average molecular weight is 372 g/mol. The number of hydrogen-bond acceptors (Lipinski definition) is 6. The Bertz CT molecular complexity index is 779. The Hall–Kier alpha value is -2.90. The Kier molecular flexibility index (Phi) is 6.05. The summed E-state index contributed by atoms with van der Waals surface area (Å²) in [6.45, 7) is 1.18. The van der Waals surface area contributed by atoms with Gasteiger partial charge in [-0.15, -0.1) is 0 Å². The lowest BCUT2D eigenvalue weighted by atomic mass is 9.96. The highest BCUT2D eigenvalue weighted by molar-refractivity contribution is 5.78. The number of rotatable bonds is 7. The highest BCUT2D eigenvalue weighted by Crippen LogP contribution is 2.21. The van der Waals surface area contributed by atoms with E-state index in [2.05, 4.69) is 10.1 Å². The van der Waals surface area contributed by atoms with Gasteiger partial charge in [0.1, 0.15) is 5.75 Å². The summed E-state index contributed by atoms with van der Waals surface area (Å²) in [5.41, 5.74) is 6.17. The first-order valence-corrected chi connectivity index (χ1v) is 9.11. The number of amides is 2. The van der Waals surface area contributed by atoms with Crippen molar-refractivity contribution in [1.82, 2.24) is 15.0 Å². The monoisotopic (exact) mass is 372 g/mol. The van der Waals surface area contributed by atoms with E-state index in [0.29, 0.717) is 56.9 Å².